The van der Waals surface area contributed by atoms with Gasteiger partial charge in [-0.3, -0.25) is 0 Å². The fraction of sp³-hybridized carbons (Fsp3) is 1.00. The van der Waals surface area contributed by atoms with Gasteiger partial charge in [-0.2, -0.15) is 0 Å². The van der Waals surface area contributed by atoms with Gasteiger partial charge in [0.15, 0.2) is 6.29 Å². The zero-order chi connectivity index (χ0) is 12.0. The van der Waals surface area contributed by atoms with Crippen LogP contribution in [0.4, 0.5) is 0 Å². The van der Waals surface area contributed by atoms with Gasteiger partial charge in [0.1, 0.15) is 23.4 Å². The van der Waals surface area contributed by atoms with Gasteiger partial charge in [-0.15, -0.1) is 0 Å². The average molecular weight is 222 g/mol. The van der Waals surface area contributed by atoms with Crippen LogP contribution >= 0.6 is 0 Å². The number of hydrogen-bond donors (Lipinski definition) is 5. The van der Waals surface area contributed by atoms with Crippen LogP contribution in [0.15, 0.2) is 0 Å². The van der Waals surface area contributed by atoms with E-state index in [2.05, 4.69) is 0 Å². The molecule has 0 saturated carbocycles. The van der Waals surface area contributed by atoms with Crippen LogP contribution in [0.25, 0.3) is 0 Å². The number of aliphatic hydroxyl groups is 5. The van der Waals surface area contributed by atoms with Crippen LogP contribution in [-0.4, -0.2) is 61.3 Å². The molecule has 0 aromatic rings. The fourth-order valence-electron chi connectivity index (χ4n) is 1.90. The summed E-state index contributed by atoms with van der Waals surface area (Å²) < 4.78 is 4.89. The van der Waals surface area contributed by atoms with Crippen molar-refractivity contribution in [1.29, 1.82) is 0 Å². The summed E-state index contributed by atoms with van der Waals surface area (Å²) in [7, 11) is 0. The summed E-state index contributed by atoms with van der Waals surface area (Å²) in [6, 6.07) is 0. The Balaban J connectivity index is 3.02. The van der Waals surface area contributed by atoms with Gasteiger partial charge >= 0.3 is 0 Å². The molecule has 15 heavy (non-hydrogen) atoms. The minimum Gasteiger partial charge on any atom is -0.391 e. The lowest BCUT2D eigenvalue weighted by molar-refractivity contribution is -0.356. The SMILES string of the molecule is CC(O)[C@H]1OC(O)[C@](C)(O)[C@@H](O)[C@]1(C)O. The zero-order valence-corrected chi connectivity index (χ0v) is 8.95. The van der Waals surface area contributed by atoms with Crippen molar-refractivity contribution in [3.05, 3.63) is 0 Å². The summed E-state index contributed by atoms with van der Waals surface area (Å²) in [4.78, 5) is 0. The smallest absolute Gasteiger partial charge is 0.186 e. The highest BCUT2D eigenvalue weighted by molar-refractivity contribution is 5.06. The first-order valence-electron chi connectivity index (χ1n) is 4.76. The second-order valence-electron chi connectivity index (χ2n) is 4.50. The van der Waals surface area contributed by atoms with Gasteiger partial charge in [-0.1, -0.05) is 0 Å². The summed E-state index contributed by atoms with van der Waals surface area (Å²) in [6.07, 6.45) is -5.52. The van der Waals surface area contributed by atoms with E-state index in [1.54, 1.807) is 0 Å². The van der Waals surface area contributed by atoms with Crippen LogP contribution in [0.1, 0.15) is 20.8 Å². The van der Waals surface area contributed by atoms with E-state index in [0.717, 1.165) is 6.92 Å². The summed E-state index contributed by atoms with van der Waals surface area (Å²) in [5, 5.41) is 48.0. The first-order valence-corrected chi connectivity index (χ1v) is 4.76. The monoisotopic (exact) mass is 222 g/mol. The Morgan fingerprint density at radius 3 is 2.00 bits per heavy atom. The largest absolute Gasteiger partial charge is 0.391 e. The molecule has 0 aromatic heterocycles. The van der Waals surface area contributed by atoms with Crippen LogP contribution in [0.3, 0.4) is 0 Å². The van der Waals surface area contributed by atoms with Gasteiger partial charge in [0.25, 0.3) is 0 Å². The van der Waals surface area contributed by atoms with Gasteiger partial charge in [-0.05, 0) is 20.8 Å². The molecular formula is C9H18O6. The molecule has 1 aliphatic rings. The van der Waals surface area contributed by atoms with Gasteiger partial charge in [-0.25, -0.2) is 0 Å². The normalized spacial score (nSPS) is 54.0. The highest BCUT2D eigenvalue weighted by atomic mass is 16.6. The van der Waals surface area contributed by atoms with Crippen molar-refractivity contribution in [2.24, 2.45) is 0 Å². The molecule has 1 heterocycles. The summed E-state index contributed by atoms with van der Waals surface area (Å²) in [5.74, 6) is 0. The van der Waals surface area contributed by atoms with E-state index in [9.17, 15) is 25.5 Å². The van der Waals surface area contributed by atoms with E-state index in [-0.39, 0.29) is 0 Å². The van der Waals surface area contributed by atoms with Crippen molar-refractivity contribution in [2.45, 2.75) is 56.6 Å². The molecule has 1 saturated heterocycles. The van der Waals surface area contributed by atoms with Crippen molar-refractivity contribution in [3.63, 3.8) is 0 Å². The van der Waals surface area contributed by atoms with E-state index < -0.39 is 35.8 Å². The Labute approximate surface area is 87.7 Å². The molecule has 90 valence electrons. The first kappa shape index (κ1) is 12.8. The Kier molecular flexibility index (Phi) is 3.13. The molecule has 0 radical (unpaired) electrons. The standard InChI is InChI=1S/C9H18O6/c1-4(10)5-8(2,13)6(11)9(3,14)7(12)15-5/h4-7,10-14H,1-3H3/t4?,5-,6+,7?,8-,9-/m1/s1. The predicted octanol–water partition coefficient (Wildman–Crippen LogP) is -2.05. The Bertz CT molecular complexity index is 233. The molecule has 5 N–H and O–H groups in total. The van der Waals surface area contributed by atoms with Crippen molar-refractivity contribution in [2.75, 3.05) is 0 Å². The van der Waals surface area contributed by atoms with Gasteiger partial charge in [0, 0.05) is 0 Å². The maximum absolute atomic E-state index is 9.92. The first-order chi connectivity index (χ1) is 6.61. The molecule has 0 amide bonds. The maximum atomic E-state index is 9.92. The Morgan fingerprint density at radius 2 is 1.60 bits per heavy atom. The quantitative estimate of drug-likeness (QED) is 0.349. The highest BCUT2D eigenvalue weighted by Gasteiger charge is 2.58. The van der Waals surface area contributed by atoms with Gasteiger partial charge in [0.2, 0.25) is 0 Å². The maximum Gasteiger partial charge on any atom is 0.186 e. The van der Waals surface area contributed by atoms with E-state index in [0.29, 0.717) is 0 Å². The average Bonchev–Trinajstić information content (AvgIpc) is 2.09. The molecule has 0 aromatic carbocycles. The molecule has 0 aliphatic carbocycles. The number of ether oxygens (including phenoxy) is 1. The number of hydrogen-bond acceptors (Lipinski definition) is 6. The molecule has 1 fully saturated rings. The second-order valence-corrected chi connectivity index (χ2v) is 4.50. The summed E-state index contributed by atoms with van der Waals surface area (Å²) in [5.41, 5.74) is -3.81. The third-order valence-corrected chi connectivity index (χ3v) is 2.90. The molecule has 1 aliphatic heterocycles. The van der Waals surface area contributed by atoms with E-state index in [1.807, 2.05) is 0 Å². The van der Waals surface area contributed by atoms with Crippen molar-refractivity contribution in [1.82, 2.24) is 0 Å². The zero-order valence-electron chi connectivity index (χ0n) is 8.95. The van der Waals surface area contributed by atoms with Crippen LogP contribution in [0, 0.1) is 0 Å². The molecule has 6 nitrogen and oxygen atoms in total. The summed E-state index contributed by atoms with van der Waals surface area (Å²) >= 11 is 0. The minimum atomic E-state index is -1.98. The van der Waals surface area contributed by atoms with E-state index >= 15 is 0 Å². The van der Waals surface area contributed by atoms with E-state index in [4.69, 9.17) is 4.74 Å². The van der Waals surface area contributed by atoms with Crippen LogP contribution < -0.4 is 0 Å². The lowest BCUT2D eigenvalue weighted by atomic mass is 9.77. The fourth-order valence-corrected chi connectivity index (χ4v) is 1.90. The van der Waals surface area contributed by atoms with Gasteiger partial charge < -0.3 is 30.3 Å². The molecule has 0 bridgehead atoms. The molecule has 2 unspecified atom stereocenters. The minimum absolute atomic E-state index is 1.08. The molecule has 1 rings (SSSR count). The van der Waals surface area contributed by atoms with Gasteiger partial charge in [0.05, 0.1) is 6.10 Å². The van der Waals surface area contributed by atoms with Crippen molar-refractivity contribution in [3.8, 4) is 0 Å². The van der Waals surface area contributed by atoms with Crippen LogP contribution in [0.2, 0.25) is 0 Å². The van der Waals surface area contributed by atoms with Crippen molar-refractivity contribution >= 4 is 0 Å². The Hall–Kier alpha value is -0.240. The molecule has 0 spiro atoms. The molecular weight excluding hydrogens is 204 g/mol. The number of rotatable bonds is 1. The third-order valence-electron chi connectivity index (χ3n) is 2.90. The highest BCUT2D eigenvalue weighted by Crippen LogP contribution is 2.36. The lowest BCUT2D eigenvalue weighted by Gasteiger charge is -2.50. The van der Waals surface area contributed by atoms with Crippen molar-refractivity contribution < 1.29 is 30.3 Å². The third kappa shape index (κ3) is 1.89. The second kappa shape index (κ2) is 3.65. The van der Waals surface area contributed by atoms with Crippen LogP contribution in [-0.2, 0) is 4.74 Å². The topological polar surface area (TPSA) is 110 Å². The molecule has 6 heteroatoms. The number of aliphatic hydroxyl groups excluding tert-OH is 3. The predicted molar refractivity (Wildman–Crippen MR) is 49.8 cm³/mol. The van der Waals surface area contributed by atoms with Crippen LogP contribution in [0.5, 0.6) is 0 Å². The lowest BCUT2D eigenvalue weighted by Crippen LogP contribution is -2.71. The Morgan fingerprint density at radius 1 is 1.13 bits per heavy atom. The van der Waals surface area contributed by atoms with E-state index in [1.165, 1.54) is 13.8 Å². The molecule has 6 atom stereocenters. The summed E-state index contributed by atoms with van der Waals surface area (Å²) in [6.45, 7) is 3.74.